The van der Waals surface area contributed by atoms with E-state index < -0.39 is 12.8 Å². The molecule has 0 radical (unpaired) electrons. The number of unbranched alkanes of at least 4 members (excludes halogenated alkanes) is 7. The van der Waals surface area contributed by atoms with Crippen LogP contribution >= 0.6 is 11.8 Å². The van der Waals surface area contributed by atoms with E-state index in [1.54, 1.807) is 11.8 Å². The second kappa shape index (κ2) is 13.1. The van der Waals surface area contributed by atoms with E-state index in [4.69, 9.17) is 0 Å². The van der Waals surface area contributed by atoms with Crippen molar-refractivity contribution in [2.45, 2.75) is 64.5 Å². The Bertz CT molecular complexity index is 186. The third kappa shape index (κ3) is 18.1. The zero-order valence-corrected chi connectivity index (χ0v) is 12.8. The van der Waals surface area contributed by atoms with Gasteiger partial charge < -0.3 is 4.74 Å². The zero-order valence-electron chi connectivity index (χ0n) is 11.9. The van der Waals surface area contributed by atoms with Crippen molar-refractivity contribution in [3.05, 3.63) is 0 Å². The fourth-order valence-corrected chi connectivity index (χ4v) is 2.59. The standard InChI is InChI=1S/C14H27F3OS/c1-2-3-4-5-6-7-8-9-11-19-12-10-18-13-14(15,16)17/h2-13H2,1H3. The van der Waals surface area contributed by atoms with Crippen LogP contribution < -0.4 is 0 Å². The van der Waals surface area contributed by atoms with E-state index in [1.165, 1.54) is 44.9 Å². The summed E-state index contributed by atoms with van der Waals surface area (Å²) in [4.78, 5) is 0. The number of halogens is 3. The van der Waals surface area contributed by atoms with E-state index in [0.29, 0.717) is 5.75 Å². The summed E-state index contributed by atoms with van der Waals surface area (Å²) >= 11 is 1.68. The van der Waals surface area contributed by atoms with Gasteiger partial charge in [0.2, 0.25) is 0 Å². The van der Waals surface area contributed by atoms with E-state index in [1.807, 2.05) is 0 Å². The Morgan fingerprint density at radius 3 is 2.00 bits per heavy atom. The van der Waals surface area contributed by atoms with Crippen LogP contribution in [0.5, 0.6) is 0 Å². The quantitative estimate of drug-likeness (QED) is 0.419. The molecule has 0 aromatic heterocycles. The molecule has 19 heavy (non-hydrogen) atoms. The van der Waals surface area contributed by atoms with Gasteiger partial charge in [0.1, 0.15) is 6.61 Å². The molecule has 5 heteroatoms. The van der Waals surface area contributed by atoms with Crippen molar-refractivity contribution in [2.24, 2.45) is 0 Å². The van der Waals surface area contributed by atoms with Gasteiger partial charge in [-0.15, -0.1) is 0 Å². The highest BCUT2D eigenvalue weighted by molar-refractivity contribution is 7.99. The number of ether oxygens (including phenoxy) is 1. The minimum absolute atomic E-state index is 0.196. The molecule has 0 aliphatic heterocycles. The molecule has 0 aliphatic rings. The Morgan fingerprint density at radius 1 is 0.842 bits per heavy atom. The van der Waals surface area contributed by atoms with E-state index in [-0.39, 0.29) is 6.61 Å². The largest absolute Gasteiger partial charge is 0.411 e. The molecule has 0 fully saturated rings. The third-order valence-corrected chi connectivity index (χ3v) is 3.81. The molecule has 0 bridgehead atoms. The Morgan fingerprint density at radius 2 is 1.42 bits per heavy atom. The first-order valence-electron chi connectivity index (χ1n) is 7.28. The van der Waals surface area contributed by atoms with Crippen LogP contribution in [0.2, 0.25) is 0 Å². The molecule has 0 aliphatic carbocycles. The first-order chi connectivity index (χ1) is 9.06. The summed E-state index contributed by atoms with van der Waals surface area (Å²) in [5.41, 5.74) is 0. The molecule has 0 N–H and O–H groups in total. The molecule has 0 amide bonds. The van der Waals surface area contributed by atoms with Crippen molar-refractivity contribution >= 4 is 11.8 Å². The fraction of sp³-hybridized carbons (Fsp3) is 1.00. The van der Waals surface area contributed by atoms with Crippen molar-refractivity contribution in [3.63, 3.8) is 0 Å². The highest BCUT2D eigenvalue weighted by Gasteiger charge is 2.27. The Balaban J connectivity index is 2.99. The molecule has 0 heterocycles. The van der Waals surface area contributed by atoms with Gasteiger partial charge in [0.25, 0.3) is 0 Å². The molecule has 0 atom stereocenters. The lowest BCUT2D eigenvalue weighted by Crippen LogP contribution is -2.17. The Labute approximate surface area is 119 Å². The molecule has 116 valence electrons. The van der Waals surface area contributed by atoms with Crippen LogP contribution in [0.25, 0.3) is 0 Å². The van der Waals surface area contributed by atoms with E-state index in [9.17, 15) is 13.2 Å². The summed E-state index contributed by atoms with van der Waals surface area (Å²) < 4.78 is 39.8. The molecule has 0 saturated carbocycles. The van der Waals surface area contributed by atoms with Crippen LogP contribution in [-0.2, 0) is 4.74 Å². The lowest BCUT2D eigenvalue weighted by atomic mass is 10.1. The monoisotopic (exact) mass is 300 g/mol. The predicted octanol–water partition coefficient (Wildman–Crippen LogP) is 5.44. The zero-order chi connectivity index (χ0) is 14.4. The number of hydrogen-bond acceptors (Lipinski definition) is 2. The van der Waals surface area contributed by atoms with Crippen molar-refractivity contribution in [1.29, 1.82) is 0 Å². The summed E-state index contributed by atoms with van der Waals surface area (Å²) in [6, 6.07) is 0. The van der Waals surface area contributed by atoms with Crippen molar-refractivity contribution in [3.8, 4) is 0 Å². The van der Waals surface area contributed by atoms with Crippen LogP contribution in [0.1, 0.15) is 58.3 Å². The van der Waals surface area contributed by atoms with Gasteiger partial charge in [-0.1, -0.05) is 51.9 Å². The Hall–Kier alpha value is 0.100. The molecule has 0 unspecified atom stereocenters. The normalized spacial score (nSPS) is 12.0. The van der Waals surface area contributed by atoms with Gasteiger partial charge in [0, 0.05) is 5.75 Å². The molecule has 0 rings (SSSR count). The lowest BCUT2D eigenvalue weighted by molar-refractivity contribution is -0.172. The van der Waals surface area contributed by atoms with Gasteiger partial charge in [-0.25, -0.2) is 0 Å². The van der Waals surface area contributed by atoms with Crippen LogP contribution in [0.4, 0.5) is 13.2 Å². The molecule has 0 spiro atoms. The van der Waals surface area contributed by atoms with Crippen molar-refractivity contribution in [2.75, 3.05) is 24.7 Å². The van der Waals surface area contributed by atoms with Gasteiger partial charge >= 0.3 is 6.18 Å². The summed E-state index contributed by atoms with van der Waals surface area (Å²) in [5.74, 6) is 1.69. The summed E-state index contributed by atoms with van der Waals surface area (Å²) in [6.45, 7) is 1.29. The van der Waals surface area contributed by atoms with Gasteiger partial charge in [0.05, 0.1) is 6.61 Å². The Kier molecular flexibility index (Phi) is 13.2. The van der Waals surface area contributed by atoms with Gasteiger partial charge in [0.15, 0.2) is 0 Å². The second-order valence-corrected chi connectivity index (χ2v) is 5.98. The van der Waals surface area contributed by atoms with Gasteiger partial charge in [-0.3, -0.25) is 0 Å². The topological polar surface area (TPSA) is 9.23 Å². The molecule has 1 nitrogen and oxygen atoms in total. The lowest BCUT2D eigenvalue weighted by Gasteiger charge is -2.07. The molecule has 0 aromatic rings. The highest BCUT2D eigenvalue weighted by atomic mass is 32.2. The number of rotatable bonds is 13. The van der Waals surface area contributed by atoms with Crippen LogP contribution in [-0.4, -0.2) is 30.9 Å². The average molecular weight is 300 g/mol. The molecule has 0 aromatic carbocycles. The summed E-state index contributed by atoms with van der Waals surface area (Å²) in [5, 5.41) is 0. The molecule has 0 saturated heterocycles. The third-order valence-electron chi connectivity index (χ3n) is 2.78. The van der Waals surface area contributed by atoms with E-state index in [0.717, 1.165) is 12.2 Å². The maximum atomic E-state index is 11.7. The highest BCUT2D eigenvalue weighted by Crippen LogP contribution is 2.15. The van der Waals surface area contributed by atoms with Gasteiger partial charge in [-0.2, -0.15) is 24.9 Å². The smallest absolute Gasteiger partial charge is 0.371 e. The van der Waals surface area contributed by atoms with Crippen molar-refractivity contribution < 1.29 is 17.9 Å². The van der Waals surface area contributed by atoms with Gasteiger partial charge in [-0.05, 0) is 12.2 Å². The van der Waals surface area contributed by atoms with Crippen LogP contribution in [0.15, 0.2) is 0 Å². The number of thioether (sulfide) groups is 1. The maximum Gasteiger partial charge on any atom is 0.411 e. The first-order valence-corrected chi connectivity index (χ1v) is 8.44. The van der Waals surface area contributed by atoms with Crippen LogP contribution in [0, 0.1) is 0 Å². The predicted molar refractivity (Wildman–Crippen MR) is 76.8 cm³/mol. The summed E-state index contributed by atoms with van der Waals surface area (Å²) in [6.07, 6.45) is 6.13. The van der Waals surface area contributed by atoms with E-state index >= 15 is 0 Å². The maximum absolute atomic E-state index is 11.7. The average Bonchev–Trinajstić information content (AvgIpc) is 2.34. The van der Waals surface area contributed by atoms with Crippen LogP contribution in [0.3, 0.4) is 0 Å². The van der Waals surface area contributed by atoms with E-state index in [2.05, 4.69) is 11.7 Å². The SMILES string of the molecule is CCCCCCCCCCSCCOCC(F)(F)F. The number of hydrogen-bond donors (Lipinski definition) is 0. The molecular formula is C14H27F3OS. The fourth-order valence-electron chi connectivity index (χ4n) is 1.75. The first kappa shape index (κ1) is 19.1. The second-order valence-electron chi connectivity index (χ2n) is 4.76. The number of alkyl halides is 3. The van der Waals surface area contributed by atoms with Crippen molar-refractivity contribution in [1.82, 2.24) is 0 Å². The minimum Gasteiger partial charge on any atom is -0.371 e. The molecular weight excluding hydrogens is 273 g/mol. The minimum atomic E-state index is -4.19. The summed E-state index contributed by atoms with van der Waals surface area (Å²) in [7, 11) is 0.